The summed E-state index contributed by atoms with van der Waals surface area (Å²) in [6.45, 7) is 1.66. The summed E-state index contributed by atoms with van der Waals surface area (Å²) in [5, 5.41) is 2.81. The van der Waals surface area contributed by atoms with Gasteiger partial charge < -0.3 is 14.8 Å². The maximum atomic E-state index is 12.9. The number of hydrogen-bond donors (Lipinski definition) is 1. The van der Waals surface area contributed by atoms with Gasteiger partial charge in [0.05, 0.1) is 17.8 Å². The molecule has 0 aliphatic carbocycles. The number of benzene rings is 2. The summed E-state index contributed by atoms with van der Waals surface area (Å²) in [7, 11) is 1.52. The summed E-state index contributed by atoms with van der Waals surface area (Å²) < 4.78 is 23.4. The van der Waals surface area contributed by atoms with Crippen molar-refractivity contribution in [3.05, 3.63) is 52.8 Å². The Bertz CT molecular complexity index is 691. The van der Waals surface area contributed by atoms with Crippen LogP contribution in [0.1, 0.15) is 5.56 Å². The predicted octanol–water partition coefficient (Wildman–Crippen LogP) is 3.81. The summed E-state index contributed by atoms with van der Waals surface area (Å²) >= 11 is 5.82. The van der Waals surface area contributed by atoms with Crippen molar-refractivity contribution in [1.82, 2.24) is 0 Å². The molecule has 6 heteroatoms. The van der Waals surface area contributed by atoms with E-state index in [2.05, 4.69) is 5.32 Å². The summed E-state index contributed by atoms with van der Waals surface area (Å²) in [4.78, 5) is 11.9. The topological polar surface area (TPSA) is 47.6 Å². The van der Waals surface area contributed by atoms with Crippen LogP contribution in [0.25, 0.3) is 0 Å². The average molecular weight is 324 g/mol. The van der Waals surface area contributed by atoms with Crippen LogP contribution >= 0.6 is 11.6 Å². The number of rotatable bonds is 5. The number of aryl methyl sites for hydroxylation is 1. The molecular weight excluding hydrogens is 309 g/mol. The lowest BCUT2D eigenvalue weighted by molar-refractivity contribution is -0.118. The van der Waals surface area contributed by atoms with Gasteiger partial charge in [0.2, 0.25) is 0 Å². The maximum absolute atomic E-state index is 12.9. The lowest BCUT2D eigenvalue weighted by Gasteiger charge is -2.12. The molecule has 0 unspecified atom stereocenters. The Morgan fingerprint density at radius 2 is 1.95 bits per heavy atom. The SMILES string of the molecule is COc1ccc(C)cc1NC(=O)COc1ccc(F)cc1Cl. The van der Waals surface area contributed by atoms with Crippen molar-refractivity contribution >= 4 is 23.2 Å². The predicted molar refractivity (Wildman–Crippen MR) is 83.3 cm³/mol. The molecule has 0 aromatic heterocycles. The van der Waals surface area contributed by atoms with Crippen molar-refractivity contribution in [2.24, 2.45) is 0 Å². The Morgan fingerprint density at radius 3 is 2.64 bits per heavy atom. The number of carbonyl (C=O) groups is 1. The minimum absolute atomic E-state index is 0.112. The first-order chi connectivity index (χ1) is 10.5. The smallest absolute Gasteiger partial charge is 0.262 e. The van der Waals surface area contributed by atoms with Gasteiger partial charge in [0.15, 0.2) is 6.61 Å². The highest BCUT2D eigenvalue weighted by Gasteiger charge is 2.10. The fourth-order valence-corrected chi connectivity index (χ4v) is 2.06. The second-order valence-corrected chi connectivity index (χ2v) is 5.02. The fraction of sp³-hybridized carbons (Fsp3) is 0.188. The Kier molecular flexibility index (Phi) is 5.22. The quantitative estimate of drug-likeness (QED) is 0.910. The molecule has 0 aliphatic rings. The molecule has 2 aromatic carbocycles. The van der Waals surface area contributed by atoms with Gasteiger partial charge in [0, 0.05) is 0 Å². The molecule has 0 saturated carbocycles. The zero-order chi connectivity index (χ0) is 16.1. The highest BCUT2D eigenvalue weighted by Crippen LogP contribution is 2.26. The number of hydrogen-bond acceptors (Lipinski definition) is 3. The first-order valence-electron chi connectivity index (χ1n) is 6.52. The summed E-state index contributed by atoms with van der Waals surface area (Å²) in [5.74, 6) is -0.0382. The summed E-state index contributed by atoms with van der Waals surface area (Å²) in [5.41, 5.74) is 1.54. The molecule has 2 rings (SSSR count). The molecule has 0 spiro atoms. The van der Waals surface area contributed by atoms with E-state index in [1.165, 1.54) is 19.2 Å². The van der Waals surface area contributed by atoms with E-state index in [-0.39, 0.29) is 23.3 Å². The summed E-state index contributed by atoms with van der Waals surface area (Å²) in [6, 6.07) is 9.15. The van der Waals surface area contributed by atoms with Crippen molar-refractivity contribution in [2.45, 2.75) is 6.92 Å². The molecule has 1 amide bonds. The normalized spacial score (nSPS) is 10.2. The third kappa shape index (κ3) is 4.11. The van der Waals surface area contributed by atoms with Crippen molar-refractivity contribution in [2.75, 3.05) is 19.0 Å². The third-order valence-electron chi connectivity index (χ3n) is 2.88. The van der Waals surface area contributed by atoms with E-state index in [1.54, 1.807) is 12.1 Å². The van der Waals surface area contributed by atoms with Crippen LogP contribution in [0.5, 0.6) is 11.5 Å². The molecule has 22 heavy (non-hydrogen) atoms. The van der Waals surface area contributed by atoms with E-state index in [0.29, 0.717) is 11.4 Å². The number of anilines is 1. The largest absolute Gasteiger partial charge is 0.495 e. The van der Waals surface area contributed by atoms with E-state index in [9.17, 15) is 9.18 Å². The number of nitrogens with one attached hydrogen (secondary N) is 1. The van der Waals surface area contributed by atoms with Crippen molar-refractivity contribution in [3.8, 4) is 11.5 Å². The Morgan fingerprint density at radius 1 is 1.23 bits per heavy atom. The van der Waals surface area contributed by atoms with Crippen LogP contribution in [0.15, 0.2) is 36.4 Å². The van der Waals surface area contributed by atoms with E-state index < -0.39 is 5.82 Å². The van der Waals surface area contributed by atoms with Crippen LogP contribution in [-0.2, 0) is 4.79 Å². The molecule has 0 saturated heterocycles. The molecule has 0 radical (unpaired) electrons. The van der Waals surface area contributed by atoms with E-state index in [4.69, 9.17) is 21.1 Å². The van der Waals surface area contributed by atoms with Gasteiger partial charge in [-0.2, -0.15) is 0 Å². The molecule has 2 aromatic rings. The number of carbonyl (C=O) groups excluding carboxylic acids is 1. The fourth-order valence-electron chi connectivity index (χ4n) is 1.84. The van der Waals surface area contributed by atoms with Gasteiger partial charge in [-0.25, -0.2) is 4.39 Å². The zero-order valence-corrected chi connectivity index (χ0v) is 12.9. The number of methoxy groups -OCH3 is 1. The first kappa shape index (κ1) is 16.1. The van der Waals surface area contributed by atoms with Gasteiger partial charge >= 0.3 is 0 Å². The average Bonchev–Trinajstić information content (AvgIpc) is 2.46. The van der Waals surface area contributed by atoms with Gasteiger partial charge in [-0.15, -0.1) is 0 Å². The maximum Gasteiger partial charge on any atom is 0.262 e. The second-order valence-electron chi connectivity index (χ2n) is 4.62. The first-order valence-corrected chi connectivity index (χ1v) is 6.89. The highest BCUT2D eigenvalue weighted by atomic mass is 35.5. The molecule has 4 nitrogen and oxygen atoms in total. The van der Waals surface area contributed by atoms with Crippen molar-refractivity contribution < 1.29 is 18.7 Å². The van der Waals surface area contributed by atoms with Crippen LogP contribution in [-0.4, -0.2) is 19.6 Å². The molecule has 116 valence electrons. The second kappa shape index (κ2) is 7.13. The van der Waals surface area contributed by atoms with Crippen molar-refractivity contribution in [1.29, 1.82) is 0 Å². The van der Waals surface area contributed by atoms with Gasteiger partial charge in [-0.3, -0.25) is 4.79 Å². The minimum atomic E-state index is -0.466. The van der Waals surface area contributed by atoms with E-state index in [1.807, 2.05) is 13.0 Å². The molecule has 0 heterocycles. The molecule has 0 bridgehead atoms. The Balaban J connectivity index is 2.00. The lowest BCUT2D eigenvalue weighted by atomic mass is 10.2. The Hall–Kier alpha value is -2.27. The van der Waals surface area contributed by atoms with Crippen LogP contribution in [0.4, 0.5) is 10.1 Å². The number of halogens is 2. The van der Waals surface area contributed by atoms with Gasteiger partial charge in [-0.1, -0.05) is 17.7 Å². The highest BCUT2D eigenvalue weighted by molar-refractivity contribution is 6.32. The number of amides is 1. The summed E-state index contributed by atoms with van der Waals surface area (Å²) in [6.07, 6.45) is 0. The van der Waals surface area contributed by atoms with Crippen LogP contribution in [0.2, 0.25) is 5.02 Å². The monoisotopic (exact) mass is 323 g/mol. The van der Waals surface area contributed by atoms with Crippen molar-refractivity contribution in [3.63, 3.8) is 0 Å². The number of ether oxygens (including phenoxy) is 2. The van der Waals surface area contributed by atoms with E-state index >= 15 is 0 Å². The molecule has 0 atom stereocenters. The lowest BCUT2D eigenvalue weighted by Crippen LogP contribution is -2.20. The molecule has 0 aliphatic heterocycles. The standard InChI is InChI=1S/C16H15ClFNO3/c1-10-3-5-15(21-2)13(7-10)19-16(20)9-22-14-6-4-11(18)8-12(14)17/h3-8H,9H2,1-2H3,(H,19,20). The molecule has 1 N–H and O–H groups in total. The van der Waals surface area contributed by atoms with Crippen LogP contribution in [0.3, 0.4) is 0 Å². The third-order valence-corrected chi connectivity index (χ3v) is 3.18. The van der Waals surface area contributed by atoms with Gasteiger partial charge in [-0.05, 0) is 42.8 Å². The minimum Gasteiger partial charge on any atom is -0.495 e. The van der Waals surface area contributed by atoms with E-state index in [0.717, 1.165) is 11.6 Å². The van der Waals surface area contributed by atoms with Crippen LogP contribution < -0.4 is 14.8 Å². The Labute approximate surface area is 132 Å². The van der Waals surface area contributed by atoms with Gasteiger partial charge in [0.1, 0.15) is 17.3 Å². The van der Waals surface area contributed by atoms with Gasteiger partial charge in [0.25, 0.3) is 5.91 Å². The van der Waals surface area contributed by atoms with Crippen LogP contribution in [0, 0.1) is 12.7 Å². The molecule has 0 fully saturated rings. The zero-order valence-electron chi connectivity index (χ0n) is 12.2. The molecular formula is C16H15ClFNO3.